The van der Waals surface area contributed by atoms with Crippen molar-refractivity contribution < 1.29 is 18.7 Å². The maximum absolute atomic E-state index is 13.0. The molecule has 7 heteroatoms. The Kier molecular flexibility index (Phi) is 5.08. The lowest BCUT2D eigenvalue weighted by atomic mass is 9.97. The minimum atomic E-state index is -0.229. The van der Waals surface area contributed by atoms with Crippen LogP contribution in [-0.4, -0.2) is 25.1 Å². The van der Waals surface area contributed by atoms with Crippen molar-refractivity contribution in [3.05, 3.63) is 50.7 Å². The fraction of sp³-hybridized carbons (Fsp3) is 0.364. The Morgan fingerprint density at radius 1 is 1.21 bits per heavy atom. The van der Waals surface area contributed by atoms with Crippen molar-refractivity contribution in [1.29, 1.82) is 0 Å². The summed E-state index contributed by atoms with van der Waals surface area (Å²) in [7, 11) is 3.19. The summed E-state index contributed by atoms with van der Waals surface area (Å²) in [6, 6.07) is 5.39. The standard InChI is InChI=1S/C22H24N2O4S/c1-11-19-16(8-9-18-20(19)24-13(3)29-18)28-21(11)22(25)23-12(2)14-6-7-15(26-4)17(10-14)27-5/h6-7,10,12H,8-9H2,1-5H3,(H,23,25). The summed E-state index contributed by atoms with van der Waals surface area (Å²) in [6.45, 7) is 5.87. The lowest BCUT2D eigenvalue weighted by Gasteiger charge is -2.16. The third kappa shape index (κ3) is 3.40. The molecule has 2 aromatic heterocycles. The highest BCUT2D eigenvalue weighted by Gasteiger charge is 2.30. The van der Waals surface area contributed by atoms with Crippen LogP contribution in [0.5, 0.6) is 11.5 Å². The molecule has 0 saturated carbocycles. The average Bonchev–Trinajstić information content (AvgIpc) is 3.26. The van der Waals surface area contributed by atoms with Crippen LogP contribution < -0.4 is 14.8 Å². The third-order valence-electron chi connectivity index (χ3n) is 5.30. The molecule has 1 aromatic carbocycles. The second kappa shape index (κ2) is 7.55. The monoisotopic (exact) mass is 412 g/mol. The van der Waals surface area contributed by atoms with Crippen molar-refractivity contribution in [3.8, 4) is 22.8 Å². The Morgan fingerprint density at radius 2 is 1.97 bits per heavy atom. The van der Waals surface area contributed by atoms with Crippen LogP contribution in [-0.2, 0) is 12.8 Å². The molecule has 1 atom stereocenters. The van der Waals surface area contributed by atoms with E-state index in [1.807, 2.05) is 39.0 Å². The van der Waals surface area contributed by atoms with Crippen molar-refractivity contribution >= 4 is 17.2 Å². The van der Waals surface area contributed by atoms with Crippen molar-refractivity contribution in [2.75, 3.05) is 14.2 Å². The number of fused-ring (bicyclic) bond motifs is 3. The number of methoxy groups -OCH3 is 2. The molecule has 1 unspecified atom stereocenters. The van der Waals surface area contributed by atoms with Crippen LogP contribution in [0.1, 0.15) is 50.3 Å². The first kappa shape index (κ1) is 19.5. The number of ether oxygens (including phenoxy) is 2. The van der Waals surface area contributed by atoms with E-state index in [4.69, 9.17) is 13.9 Å². The maximum atomic E-state index is 13.0. The quantitative estimate of drug-likeness (QED) is 0.662. The lowest BCUT2D eigenvalue weighted by molar-refractivity contribution is 0.0909. The first-order valence-electron chi connectivity index (χ1n) is 9.54. The van der Waals surface area contributed by atoms with E-state index in [1.54, 1.807) is 25.6 Å². The maximum Gasteiger partial charge on any atom is 0.287 e. The van der Waals surface area contributed by atoms with E-state index in [9.17, 15) is 4.79 Å². The molecule has 0 radical (unpaired) electrons. The molecule has 1 N–H and O–H groups in total. The minimum Gasteiger partial charge on any atom is -0.493 e. The van der Waals surface area contributed by atoms with Crippen LogP contribution in [0.3, 0.4) is 0 Å². The Hall–Kier alpha value is -2.80. The minimum absolute atomic E-state index is 0.221. The molecule has 152 valence electrons. The number of carbonyl (C=O) groups is 1. The topological polar surface area (TPSA) is 73.6 Å². The Bertz CT molecular complexity index is 1080. The summed E-state index contributed by atoms with van der Waals surface area (Å²) < 4.78 is 16.6. The smallest absolute Gasteiger partial charge is 0.287 e. The highest BCUT2D eigenvalue weighted by atomic mass is 32.1. The fourth-order valence-electron chi connectivity index (χ4n) is 3.80. The molecule has 1 aliphatic carbocycles. The highest BCUT2D eigenvalue weighted by Crippen LogP contribution is 2.41. The molecule has 0 spiro atoms. The second-order valence-electron chi connectivity index (χ2n) is 7.17. The summed E-state index contributed by atoms with van der Waals surface area (Å²) in [6.07, 6.45) is 1.70. The van der Waals surface area contributed by atoms with E-state index in [0.29, 0.717) is 17.3 Å². The number of nitrogens with zero attached hydrogens (tertiary/aromatic N) is 1. The molecule has 1 aliphatic rings. The molecule has 6 nitrogen and oxygen atoms in total. The second-order valence-corrected chi connectivity index (χ2v) is 8.46. The van der Waals surface area contributed by atoms with Gasteiger partial charge in [-0.05, 0) is 44.9 Å². The van der Waals surface area contributed by atoms with Crippen molar-refractivity contribution in [2.24, 2.45) is 0 Å². The van der Waals surface area contributed by atoms with E-state index in [-0.39, 0.29) is 11.9 Å². The summed E-state index contributed by atoms with van der Waals surface area (Å²) in [5, 5.41) is 4.07. The van der Waals surface area contributed by atoms with E-state index in [0.717, 1.165) is 46.0 Å². The van der Waals surface area contributed by atoms with Crippen molar-refractivity contribution in [2.45, 2.75) is 39.7 Å². The van der Waals surface area contributed by atoms with Crippen LogP contribution in [0.4, 0.5) is 0 Å². The third-order valence-corrected chi connectivity index (χ3v) is 6.33. The van der Waals surface area contributed by atoms with E-state index in [1.165, 1.54) is 4.88 Å². The van der Waals surface area contributed by atoms with E-state index < -0.39 is 0 Å². The zero-order valence-electron chi connectivity index (χ0n) is 17.2. The van der Waals surface area contributed by atoms with Gasteiger partial charge in [0.15, 0.2) is 17.3 Å². The van der Waals surface area contributed by atoms with Gasteiger partial charge in [0.1, 0.15) is 5.76 Å². The van der Waals surface area contributed by atoms with Gasteiger partial charge < -0.3 is 19.2 Å². The number of hydrogen-bond donors (Lipinski definition) is 1. The zero-order valence-corrected chi connectivity index (χ0v) is 18.0. The fourth-order valence-corrected chi connectivity index (χ4v) is 4.75. The number of hydrogen-bond acceptors (Lipinski definition) is 6. The molecule has 29 heavy (non-hydrogen) atoms. The van der Waals surface area contributed by atoms with Gasteiger partial charge in [0, 0.05) is 22.4 Å². The number of amides is 1. The average molecular weight is 413 g/mol. The molecule has 0 aliphatic heterocycles. The lowest BCUT2D eigenvalue weighted by Crippen LogP contribution is -2.26. The molecule has 0 bridgehead atoms. The van der Waals surface area contributed by atoms with Gasteiger partial charge in [-0.25, -0.2) is 4.98 Å². The molecular weight excluding hydrogens is 388 g/mol. The number of rotatable bonds is 5. The summed E-state index contributed by atoms with van der Waals surface area (Å²) in [4.78, 5) is 18.9. The molecule has 0 fully saturated rings. The first-order chi connectivity index (χ1) is 13.9. The van der Waals surface area contributed by atoms with Gasteiger partial charge in [-0.3, -0.25) is 4.79 Å². The summed E-state index contributed by atoms with van der Waals surface area (Å²) in [5.74, 6) is 2.26. The summed E-state index contributed by atoms with van der Waals surface area (Å²) >= 11 is 1.72. The molecule has 4 rings (SSSR count). The highest BCUT2D eigenvalue weighted by molar-refractivity contribution is 7.12. The number of aromatic nitrogens is 1. The molecule has 1 amide bonds. The Balaban J connectivity index is 1.59. The number of benzene rings is 1. The molecule has 3 aromatic rings. The van der Waals surface area contributed by atoms with Gasteiger partial charge in [0.05, 0.1) is 31.0 Å². The van der Waals surface area contributed by atoms with E-state index >= 15 is 0 Å². The van der Waals surface area contributed by atoms with Crippen LogP contribution in [0, 0.1) is 13.8 Å². The van der Waals surface area contributed by atoms with Crippen LogP contribution in [0.15, 0.2) is 22.6 Å². The number of furan rings is 1. The predicted octanol–water partition coefficient (Wildman–Crippen LogP) is 4.63. The van der Waals surface area contributed by atoms with Gasteiger partial charge >= 0.3 is 0 Å². The molecular formula is C22H24N2O4S. The van der Waals surface area contributed by atoms with Crippen LogP contribution >= 0.6 is 11.3 Å². The number of aryl methyl sites for hydroxylation is 3. The van der Waals surface area contributed by atoms with Crippen LogP contribution in [0.25, 0.3) is 11.3 Å². The van der Waals surface area contributed by atoms with Gasteiger partial charge in [-0.2, -0.15) is 0 Å². The van der Waals surface area contributed by atoms with Gasteiger partial charge in [-0.15, -0.1) is 11.3 Å². The van der Waals surface area contributed by atoms with Gasteiger partial charge in [0.2, 0.25) is 0 Å². The molecule has 2 heterocycles. The summed E-state index contributed by atoms with van der Waals surface area (Å²) in [5.41, 5.74) is 3.73. The predicted molar refractivity (Wildman–Crippen MR) is 112 cm³/mol. The molecule has 0 saturated heterocycles. The number of carbonyl (C=O) groups excluding carboxylic acids is 1. The van der Waals surface area contributed by atoms with Crippen LogP contribution in [0.2, 0.25) is 0 Å². The normalized spacial score (nSPS) is 13.4. The van der Waals surface area contributed by atoms with Gasteiger partial charge in [0.25, 0.3) is 5.91 Å². The largest absolute Gasteiger partial charge is 0.493 e. The first-order valence-corrected chi connectivity index (χ1v) is 10.4. The Morgan fingerprint density at radius 3 is 2.69 bits per heavy atom. The number of nitrogens with one attached hydrogen (secondary N) is 1. The SMILES string of the molecule is COc1ccc(C(C)NC(=O)c2oc3c(c2C)-c2nc(C)sc2CC3)cc1OC. The van der Waals surface area contributed by atoms with Gasteiger partial charge in [-0.1, -0.05) is 6.07 Å². The van der Waals surface area contributed by atoms with Crippen molar-refractivity contribution in [3.63, 3.8) is 0 Å². The number of thiazole rings is 1. The zero-order chi connectivity index (χ0) is 20.7. The van der Waals surface area contributed by atoms with E-state index in [2.05, 4.69) is 10.3 Å². The van der Waals surface area contributed by atoms with Crippen molar-refractivity contribution in [1.82, 2.24) is 10.3 Å². The Labute approximate surface area is 173 Å².